The molecule has 0 radical (unpaired) electrons. The van der Waals surface area contributed by atoms with Crippen LogP contribution in [0.25, 0.3) is 0 Å². The molecule has 3 aromatic carbocycles. The van der Waals surface area contributed by atoms with Crippen LogP contribution in [0.15, 0.2) is 78.9 Å². The van der Waals surface area contributed by atoms with Crippen molar-refractivity contribution in [2.45, 2.75) is 208 Å². The number of hydrogen-bond acceptors (Lipinski definition) is 5. The highest BCUT2D eigenvalue weighted by atomic mass is 32.2. The molecule has 0 bridgehead atoms. The van der Waals surface area contributed by atoms with E-state index in [0.29, 0.717) is 35.7 Å². The molecule has 5 nitrogen and oxygen atoms in total. The van der Waals surface area contributed by atoms with Crippen LogP contribution in [-0.2, 0) is 28.3 Å². The third-order valence-electron chi connectivity index (χ3n) is 19.5. The molecule has 8 rings (SSSR count). The zero-order valence-electron chi connectivity index (χ0n) is 49.6. The average Bonchev–Trinajstić information content (AvgIpc) is 3.43. The van der Waals surface area contributed by atoms with Crippen LogP contribution in [0.2, 0.25) is 0 Å². The zero-order chi connectivity index (χ0) is 56.9. The van der Waals surface area contributed by atoms with E-state index in [1.165, 1.54) is 120 Å². The maximum atomic E-state index is 13.5. The summed E-state index contributed by atoms with van der Waals surface area (Å²) in [4.78, 5) is 2.36. The van der Waals surface area contributed by atoms with Crippen LogP contribution in [0.4, 0.5) is 17.6 Å². The van der Waals surface area contributed by atoms with Crippen LogP contribution in [-0.4, -0.2) is 55.7 Å². The summed E-state index contributed by atoms with van der Waals surface area (Å²) in [6, 6.07) is 24.8. The van der Waals surface area contributed by atoms with E-state index in [2.05, 4.69) is 78.5 Å². The van der Waals surface area contributed by atoms with Crippen molar-refractivity contribution >= 4 is 9.84 Å². The second kappa shape index (κ2) is 32.4. The molecule has 1 heterocycles. The third kappa shape index (κ3) is 22.2. The molecule has 10 heteroatoms. The summed E-state index contributed by atoms with van der Waals surface area (Å²) < 4.78 is 75.9. The fraction of sp³-hybridized carbons (Fsp3) is 0.721. The monoisotopic (exact) mass is 1100 g/mol. The summed E-state index contributed by atoms with van der Waals surface area (Å²) in [5.41, 5.74) is 0.647. The van der Waals surface area contributed by atoms with Crippen LogP contribution in [0.3, 0.4) is 0 Å². The normalized spacial score (nSPS) is 26.6. The van der Waals surface area contributed by atoms with Gasteiger partial charge in [0.05, 0.1) is 23.1 Å². The predicted octanol–water partition coefficient (Wildman–Crippen LogP) is 18.0. The Balaban J connectivity index is 0.000000193. The lowest BCUT2D eigenvalue weighted by molar-refractivity contribution is -0.270. The second-order valence-electron chi connectivity index (χ2n) is 26.3. The fourth-order valence-electron chi connectivity index (χ4n) is 13.6. The Morgan fingerprint density at radius 1 is 0.564 bits per heavy atom. The minimum atomic E-state index is -4.65. The number of aryl methyl sites for hydroxylation is 1. The van der Waals surface area contributed by atoms with Crippen LogP contribution >= 0.6 is 0 Å². The van der Waals surface area contributed by atoms with Gasteiger partial charge in [0.15, 0.2) is 15.4 Å². The van der Waals surface area contributed by atoms with E-state index >= 15 is 0 Å². The van der Waals surface area contributed by atoms with Gasteiger partial charge < -0.3 is 10.0 Å². The van der Waals surface area contributed by atoms with E-state index in [1.54, 1.807) is 30.3 Å². The van der Waals surface area contributed by atoms with Crippen molar-refractivity contribution in [3.63, 3.8) is 0 Å². The van der Waals surface area contributed by atoms with Crippen molar-refractivity contribution in [3.8, 4) is 6.07 Å². The highest BCUT2D eigenvalue weighted by molar-refractivity contribution is 7.91. The number of sulfone groups is 1. The number of rotatable bonds is 16. The van der Waals surface area contributed by atoms with Gasteiger partial charge in [0.2, 0.25) is 0 Å². The van der Waals surface area contributed by atoms with Gasteiger partial charge in [-0.1, -0.05) is 142 Å². The van der Waals surface area contributed by atoms with Gasteiger partial charge >= 0.3 is 6.18 Å². The van der Waals surface area contributed by atoms with Crippen molar-refractivity contribution in [1.82, 2.24) is 4.90 Å². The quantitative estimate of drug-likeness (QED) is 0.145. The van der Waals surface area contributed by atoms with E-state index in [1.807, 2.05) is 24.3 Å². The first-order valence-corrected chi connectivity index (χ1v) is 32.9. The van der Waals surface area contributed by atoms with Gasteiger partial charge in [0.1, 0.15) is 5.82 Å². The third-order valence-corrected chi connectivity index (χ3v) is 21.1. The van der Waals surface area contributed by atoms with Gasteiger partial charge in [-0.25, -0.2) is 12.8 Å². The van der Waals surface area contributed by atoms with E-state index < -0.39 is 21.6 Å². The maximum Gasteiger partial charge on any atom is 0.421 e. The highest BCUT2D eigenvalue weighted by Crippen LogP contribution is 2.45. The number of alkyl halides is 3. The van der Waals surface area contributed by atoms with Crippen LogP contribution in [0, 0.1) is 88.2 Å². The molecule has 3 aromatic rings. The predicted molar refractivity (Wildman–Crippen MR) is 316 cm³/mol. The Bertz CT molecular complexity index is 2230. The minimum Gasteiger partial charge on any atom is -0.376 e. The van der Waals surface area contributed by atoms with E-state index in [9.17, 15) is 31.1 Å². The minimum absolute atomic E-state index is 0.0524. The first-order valence-electron chi connectivity index (χ1n) is 31.0. The summed E-state index contributed by atoms with van der Waals surface area (Å²) in [7, 11) is -2.72. The summed E-state index contributed by atoms with van der Waals surface area (Å²) >= 11 is 0. The van der Waals surface area contributed by atoms with Gasteiger partial charge in [0.25, 0.3) is 0 Å². The Morgan fingerprint density at radius 3 is 1.40 bits per heavy atom. The molecule has 1 aliphatic heterocycles. The Hall–Kier alpha value is -3.26. The number of nitrogens with zero attached hydrogens (tertiary/aromatic N) is 2. The van der Waals surface area contributed by atoms with E-state index in [0.717, 1.165) is 111 Å². The van der Waals surface area contributed by atoms with Crippen molar-refractivity contribution in [2.75, 3.05) is 31.1 Å². The number of halogens is 4. The van der Waals surface area contributed by atoms with Crippen molar-refractivity contribution in [2.24, 2.45) is 71.0 Å². The molecule has 1 atom stereocenters. The zero-order valence-corrected chi connectivity index (χ0v) is 50.4. The maximum absolute atomic E-state index is 13.5. The first kappa shape index (κ1) is 65.5. The number of nitriles is 1. The van der Waals surface area contributed by atoms with Gasteiger partial charge in [-0.15, -0.1) is 0 Å². The first-order chi connectivity index (χ1) is 37.0. The molecule has 0 spiro atoms. The molecular weight excluding hydrogens is 1000 g/mol. The smallest absolute Gasteiger partial charge is 0.376 e. The number of hydrogen-bond donors (Lipinski definition) is 1. The molecule has 0 amide bonds. The molecule has 5 aliphatic rings. The number of benzene rings is 3. The summed E-state index contributed by atoms with van der Waals surface area (Å²) in [5, 5.41) is 19.1. The Morgan fingerprint density at radius 2 is 0.974 bits per heavy atom. The highest BCUT2D eigenvalue weighted by Gasteiger charge is 2.54. The van der Waals surface area contributed by atoms with Crippen molar-refractivity contribution < 1.29 is 31.1 Å². The summed E-state index contributed by atoms with van der Waals surface area (Å²) in [5.74, 6) is 10.2. The molecule has 5 fully saturated rings. The molecule has 1 saturated heterocycles. The van der Waals surface area contributed by atoms with Crippen LogP contribution in [0.1, 0.15) is 206 Å². The lowest BCUT2D eigenvalue weighted by Gasteiger charge is -2.35. The molecule has 4 saturated carbocycles. The van der Waals surface area contributed by atoms with Gasteiger partial charge in [-0.3, -0.25) is 0 Å². The lowest BCUT2D eigenvalue weighted by atomic mass is 9.74. The fourth-order valence-corrected chi connectivity index (χ4v) is 14.8. The topological polar surface area (TPSA) is 81.4 Å². The van der Waals surface area contributed by atoms with E-state index in [-0.39, 0.29) is 17.8 Å². The van der Waals surface area contributed by atoms with Crippen LogP contribution in [0.5, 0.6) is 0 Å². The molecular formula is C68H104F4N2O3S. The standard InChI is InChI=1S/C19H27F3O.C18H27F.C17H23N.C14H27NO2S/c1-14(2)16-10-8-15(9-11-16)12-13-18(23,19(20,21)22)17-6-4-3-5-7-17;1-14(2)17-10-6-15(7-11-17)4-3-5-16-8-12-18(19)13-9-16;1-13(2)17-9-7-15(8-10-17)11-14-3-5-16(12-18)6-4-14;1-12(2)14-5-3-13(4-6-14)11-15-7-9-18(16,17)10-8-15/h3-7,14-16,23H,8-13H2,1-2H3;8-9,12-15,17H,3-7,10-11H2,1-2H3;3-6,13,15,17H,7-11H2,1-2H3;12-14H,3-11H2,1-2H3. The summed E-state index contributed by atoms with van der Waals surface area (Å²) in [6.45, 7) is 21.2. The molecule has 78 heavy (non-hydrogen) atoms. The summed E-state index contributed by atoms with van der Waals surface area (Å²) in [6.07, 6.45) is 21.2. The molecule has 1 unspecified atom stereocenters. The largest absolute Gasteiger partial charge is 0.421 e. The van der Waals surface area contributed by atoms with Crippen molar-refractivity contribution in [3.05, 3.63) is 107 Å². The lowest BCUT2D eigenvalue weighted by Crippen LogP contribution is -2.43. The Labute approximate surface area is 472 Å². The average molecular weight is 1110 g/mol. The van der Waals surface area contributed by atoms with Crippen LogP contribution < -0.4 is 0 Å². The molecule has 438 valence electrons. The second-order valence-corrected chi connectivity index (χ2v) is 28.6. The number of aliphatic hydroxyl groups is 1. The molecule has 0 aromatic heterocycles. The SMILES string of the molecule is CC(C)C1CCC(CCC(O)(c2ccccc2)C(F)(F)F)CC1.CC(C)C1CCC(CCCc2ccc(F)cc2)CC1.CC(C)C1CCC(CN2CCS(=O)(=O)CC2)CC1.CC(C)C1CCC(Cc2ccc(C#N)cc2)CC1. The van der Waals surface area contributed by atoms with E-state index in [4.69, 9.17) is 5.26 Å². The van der Waals surface area contributed by atoms with Crippen molar-refractivity contribution in [1.29, 1.82) is 5.26 Å². The van der Waals surface area contributed by atoms with Gasteiger partial charge in [-0.2, -0.15) is 18.4 Å². The molecule has 4 aliphatic carbocycles. The van der Waals surface area contributed by atoms with Gasteiger partial charge in [0, 0.05) is 19.6 Å². The van der Waals surface area contributed by atoms with Gasteiger partial charge in [-0.05, 0) is 221 Å². The Kier molecular flexibility index (Phi) is 27.2. The molecule has 1 N–H and O–H groups in total.